The number of furan rings is 1. The van der Waals surface area contributed by atoms with E-state index in [0.29, 0.717) is 17.7 Å². The first-order valence-electron chi connectivity index (χ1n) is 6.10. The van der Waals surface area contributed by atoms with Gasteiger partial charge in [-0.25, -0.2) is 4.79 Å². The van der Waals surface area contributed by atoms with E-state index in [9.17, 15) is 14.9 Å². The predicted octanol–water partition coefficient (Wildman–Crippen LogP) is 2.89. The number of carboxylic acid groups (broad SMARTS) is 1. The Balaban J connectivity index is 1.99. The minimum Gasteiger partial charge on any atom is -0.478 e. The lowest BCUT2D eigenvalue weighted by molar-refractivity contribution is -0.402. The van der Waals surface area contributed by atoms with E-state index in [1.165, 1.54) is 18.2 Å². The van der Waals surface area contributed by atoms with Gasteiger partial charge < -0.3 is 14.1 Å². The summed E-state index contributed by atoms with van der Waals surface area (Å²) in [5, 5.41) is 20.3. The van der Waals surface area contributed by atoms with Crippen LogP contribution in [0.25, 0.3) is 10.9 Å². The lowest BCUT2D eigenvalue weighted by atomic mass is 10.1. The number of aromatic nitrogens is 1. The Labute approximate surface area is 118 Å². The fourth-order valence-electron chi connectivity index (χ4n) is 2.27. The number of nitrogens with zero attached hydrogens (tertiary/aromatic N) is 2. The molecule has 0 spiro atoms. The number of hydrogen-bond donors (Lipinski definition) is 1. The van der Waals surface area contributed by atoms with Gasteiger partial charge >= 0.3 is 11.9 Å². The van der Waals surface area contributed by atoms with Crippen LogP contribution in [-0.2, 0) is 6.54 Å². The molecule has 0 fully saturated rings. The zero-order valence-corrected chi connectivity index (χ0v) is 10.7. The van der Waals surface area contributed by atoms with E-state index < -0.39 is 10.9 Å². The van der Waals surface area contributed by atoms with Gasteiger partial charge in [-0.05, 0) is 24.3 Å². The molecule has 0 unspecified atom stereocenters. The first kappa shape index (κ1) is 12.9. The van der Waals surface area contributed by atoms with Crippen LogP contribution >= 0.6 is 0 Å². The van der Waals surface area contributed by atoms with Crippen LogP contribution in [0.1, 0.15) is 16.1 Å². The number of fused-ring (bicyclic) bond motifs is 1. The molecule has 0 atom stereocenters. The Hall–Kier alpha value is -3.09. The van der Waals surface area contributed by atoms with Gasteiger partial charge in [0.05, 0.1) is 18.2 Å². The fourth-order valence-corrected chi connectivity index (χ4v) is 2.27. The summed E-state index contributed by atoms with van der Waals surface area (Å²) in [4.78, 5) is 21.1. The van der Waals surface area contributed by atoms with Gasteiger partial charge in [-0.3, -0.25) is 10.1 Å². The highest BCUT2D eigenvalue weighted by Crippen LogP contribution is 2.23. The molecule has 0 saturated heterocycles. The molecule has 1 N–H and O–H groups in total. The Morgan fingerprint density at radius 1 is 1.29 bits per heavy atom. The number of carbonyl (C=O) groups is 1. The van der Waals surface area contributed by atoms with Gasteiger partial charge in [0.15, 0.2) is 0 Å². The average molecular weight is 286 g/mol. The molecule has 3 aromatic rings. The topological polar surface area (TPSA) is 98.5 Å². The Bertz CT molecular complexity index is 846. The molecule has 7 heteroatoms. The Kier molecular flexibility index (Phi) is 2.94. The number of carboxylic acids is 1. The molecular formula is C14H10N2O5. The lowest BCUT2D eigenvalue weighted by Crippen LogP contribution is -1.99. The van der Waals surface area contributed by atoms with Crippen LogP contribution in [0.15, 0.2) is 47.0 Å². The van der Waals surface area contributed by atoms with Gasteiger partial charge in [0.2, 0.25) is 0 Å². The van der Waals surface area contributed by atoms with Crippen LogP contribution in [0.4, 0.5) is 5.88 Å². The summed E-state index contributed by atoms with van der Waals surface area (Å²) in [7, 11) is 0. The molecule has 0 amide bonds. The quantitative estimate of drug-likeness (QED) is 0.587. The summed E-state index contributed by atoms with van der Waals surface area (Å²) in [6.07, 6.45) is 1.73. The molecule has 0 aliphatic heterocycles. The smallest absolute Gasteiger partial charge is 0.433 e. The first-order valence-corrected chi connectivity index (χ1v) is 6.10. The van der Waals surface area contributed by atoms with Crippen molar-refractivity contribution in [1.82, 2.24) is 4.57 Å². The number of benzene rings is 1. The minimum atomic E-state index is -0.994. The summed E-state index contributed by atoms with van der Waals surface area (Å²) < 4.78 is 6.89. The second-order valence-corrected chi connectivity index (χ2v) is 4.48. The summed E-state index contributed by atoms with van der Waals surface area (Å²) >= 11 is 0. The van der Waals surface area contributed by atoms with E-state index >= 15 is 0 Å². The summed E-state index contributed by atoms with van der Waals surface area (Å²) in [5.41, 5.74) is 0.950. The average Bonchev–Trinajstić information content (AvgIpc) is 3.06. The molecular weight excluding hydrogens is 276 g/mol. The summed E-state index contributed by atoms with van der Waals surface area (Å²) in [6, 6.07) is 9.52. The second-order valence-electron chi connectivity index (χ2n) is 4.48. The molecule has 2 heterocycles. The van der Waals surface area contributed by atoms with Crippen LogP contribution in [-0.4, -0.2) is 20.6 Å². The molecule has 1 aromatic carbocycles. The Morgan fingerprint density at radius 3 is 2.76 bits per heavy atom. The van der Waals surface area contributed by atoms with E-state index in [4.69, 9.17) is 9.52 Å². The molecule has 21 heavy (non-hydrogen) atoms. The van der Waals surface area contributed by atoms with E-state index in [0.717, 1.165) is 5.52 Å². The van der Waals surface area contributed by atoms with Gasteiger partial charge in [-0.2, -0.15) is 0 Å². The van der Waals surface area contributed by atoms with Crippen molar-refractivity contribution in [3.63, 3.8) is 0 Å². The third kappa shape index (κ3) is 2.25. The normalized spacial score (nSPS) is 10.9. The fraction of sp³-hybridized carbons (Fsp3) is 0.0714. The summed E-state index contributed by atoms with van der Waals surface area (Å²) in [6.45, 7) is 0.292. The standard InChI is InChI=1S/C14H10N2O5/c17-14(18)11-2-1-3-12-10(11)6-7-15(12)8-9-4-5-13(21-9)16(19)20/h1-7H,8H2,(H,17,18). The van der Waals surface area contributed by atoms with E-state index in [1.54, 1.807) is 29.0 Å². The highest BCUT2D eigenvalue weighted by molar-refractivity contribution is 6.02. The van der Waals surface area contributed by atoms with Crippen molar-refractivity contribution in [3.05, 3.63) is 64.0 Å². The van der Waals surface area contributed by atoms with E-state index in [2.05, 4.69) is 0 Å². The van der Waals surface area contributed by atoms with Crippen molar-refractivity contribution in [3.8, 4) is 0 Å². The first-order chi connectivity index (χ1) is 10.1. The largest absolute Gasteiger partial charge is 0.478 e. The monoisotopic (exact) mass is 286 g/mol. The highest BCUT2D eigenvalue weighted by atomic mass is 16.6. The van der Waals surface area contributed by atoms with Gasteiger partial charge in [0.1, 0.15) is 10.7 Å². The molecule has 7 nitrogen and oxygen atoms in total. The second kappa shape index (κ2) is 4.78. The molecule has 0 saturated carbocycles. The maximum Gasteiger partial charge on any atom is 0.433 e. The molecule has 2 aromatic heterocycles. The Morgan fingerprint density at radius 2 is 2.10 bits per heavy atom. The molecule has 0 bridgehead atoms. The van der Waals surface area contributed by atoms with Gasteiger partial charge in [0.25, 0.3) is 0 Å². The molecule has 3 rings (SSSR count). The summed E-state index contributed by atoms with van der Waals surface area (Å²) in [5.74, 6) is -0.875. The molecule has 106 valence electrons. The predicted molar refractivity (Wildman–Crippen MR) is 73.4 cm³/mol. The van der Waals surface area contributed by atoms with Crippen LogP contribution in [0.5, 0.6) is 0 Å². The molecule has 0 aliphatic carbocycles. The van der Waals surface area contributed by atoms with Crippen LogP contribution in [0.2, 0.25) is 0 Å². The van der Waals surface area contributed by atoms with Crippen LogP contribution < -0.4 is 0 Å². The van der Waals surface area contributed by atoms with Crippen molar-refractivity contribution < 1.29 is 19.2 Å². The van der Waals surface area contributed by atoms with Crippen molar-refractivity contribution in [2.75, 3.05) is 0 Å². The number of rotatable bonds is 4. The van der Waals surface area contributed by atoms with E-state index in [1.807, 2.05) is 0 Å². The maximum atomic E-state index is 11.2. The number of nitro groups is 1. The van der Waals surface area contributed by atoms with Crippen molar-refractivity contribution >= 4 is 22.8 Å². The third-order valence-electron chi connectivity index (χ3n) is 3.20. The van der Waals surface area contributed by atoms with E-state index in [-0.39, 0.29) is 11.4 Å². The van der Waals surface area contributed by atoms with Gasteiger partial charge in [-0.15, -0.1) is 0 Å². The molecule has 0 radical (unpaired) electrons. The van der Waals surface area contributed by atoms with Crippen molar-refractivity contribution in [2.24, 2.45) is 0 Å². The third-order valence-corrected chi connectivity index (χ3v) is 3.20. The lowest BCUT2D eigenvalue weighted by Gasteiger charge is -2.03. The minimum absolute atomic E-state index is 0.219. The van der Waals surface area contributed by atoms with Gasteiger partial charge in [-0.1, -0.05) is 6.07 Å². The SMILES string of the molecule is O=C(O)c1cccc2c1ccn2Cc1ccc([N+](=O)[O-])o1. The maximum absolute atomic E-state index is 11.2. The van der Waals surface area contributed by atoms with Crippen LogP contribution in [0.3, 0.4) is 0 Å². The van der Waals surface area contributed by atoms with Crippen molar-refractivity contribution in [1.29, 1.82) is 0 Å². The number of aromatic carboxylic acids is 1. The van der Waals surface area contributed by atoms with Crippen LogP contribution in [0, 0.1) is 10.1 Å². The molecule has 0 aliphatic rings. The van der Waals surface area contributed by atoms with Gasteiger partial charge in [0, 0.05) is 17.1 Å². The zero-order valence-electron chi connectivity index (χ0n) is 10.7. The highest BCUT2D eigenvalue weighted by Gasteiger charge is 2.14. The zero-order chi connectivity index (χ0) is 15.0. The van der Waals surface area contributed by atoms with Crippen molar-refractivity contribution in [2.45, 2.75) is 6.54 Å². The number of hydrogen-bond acceptors (Lipinski definition) is 4.